The summed E-state index contributed by atoms with van der Waals surface area (Å²) in [5.41, 5.74) is 6.69. The van der Waals surface area contributed by atoms with Crippen LogP contribution in [0.3, 0.4) is 0 Å². The molecule has 3 rings (SSSR count). The molecule has 0 spiro atoms. The molecule has 8 heteroatoms. The predicted octanol–water partition coefficient (Wildman–Crippen LogP) is 3.92. The van der Waals surface area contributed by atoms with Gasteiger partial charge in [-0.15, -0.1) is 0 Å². The molecule has 2 amide bonds. The number of aromatic nitrogens is 1. The van der Waals surface area contributed by atoms with E-state index in [0.717, 1.165) is 0 Å². The number of nitrogens with one attached hydrogen (secondary N) is 1. The monoisotopic (exact) mass is 417 g/mol. The summed E-state index contributed by atoms with van der Waals surface area (Å²) in [5.74, 6) is -0.102. The molecule has 0 saturated heterocycles. The van der Waals surface area contributed by atoms with Crippen LogP contribution in [-0.4, -0.2) is 16.8 Å². The van der Waals surface area contributed by atoms with E-state index in [9.17, 15) is 9.59 Å². The zero-order chi connectivity index (χ0) is 20.1. The number of nitrogens with zero attached hydrogens (tertiary/aromatic N) is 1. The molecule has 3 N–H and O–H groups in total. The molecule has 144 valence electrons. The quantitative estimate of drug-likeness (QED) is 0.608. The highest BCUT2D eigenvalue weighted by molar-refractivity contribution is 6.36. The smallest absolute Gasteiger partial charge is 0.244 e. The second kappa shape index (κ2) is 8.91. The van der Waals surface area contributed by atoms with Crippen LogP contribution in [0.25, 0.3) is 11.3 Å². The van der Waals surface area contributed by atoms with Gasteiger partial charge in [0.2, 0.25) is 11.8 Å². The zero-order valence-corrected chi connectivity index (χ0v) is 16.2. The normalized spacial score (nSPS) is 11.8. The summed E-state index contributed by atoms with van der Waals surface area (Å²) in [6, 6.07) is 13.0. The molecule has 2 aromatic carbocycles. The van der Waals surface area contributed by atoms with E-state index in [1.54, 1.807) is 48.7 Å². The van der Waals surface area contributed by atoms with E-state index < -0.39 is 11.9 Å². The number of hydrogen-bond acceptors (Lipinski definition) is 4. The van der Waals surface area contributed by atoms with Gasteiger partial charge in [-0.2, -0.15) is 0 Å². The average molecular weight is 418 g/mol. The Kier molecular flexibility index (Phi) is 6.34. The number of amides is 2. The van der Waals surface area contributed by atoms with Crippen molar-refractivity contribution in [1.82, 2.24) is 10.3 Å². The third-order valence-corrected chi connectivity index (χ3v) is 4.59. The minimum atomic E-state index is -0.887. The highest BCUT2D eigenvalue weighted by atomic mass is 35.5. The molecular weight excluding hydrogens is 401 g/mol. The van der Waals surface area contributed by atoms with Gasteiger partial charge in [0.05, 0.1) is 11.2 Å². The van der Waals surface area contributed by atoms with Gasteiger partial charge in [-0.25, -0.2) is 4.98 Å². The third-order valence-electron chi connectivity index (χ3n) is 4.04. The van der Waals surface area contributed by atoms with Gasteiger partial charge < -0.3 is 15.5 Å². The highest BCUT2D eigenvalue weighted by Gasteiger charge is 2.20. The lowest BCUT2D eigenvalue weighted by atomic mass is 10.1. The Morgan fingerprint density at radius 2 is 1.89 bits per heavy atom. The Balaban J connectivity index is 1.62. The number of benzene rings is 2. The van der Waals surface area contributed by atoms with Crippen molar-refractivity contribution in [3.05, 3.63) is 76.2 Å². The Morgan fingerprint density at radius 3 is 2.57 bits per heavy atom. The van der Waals surface area contributed by atoms with E-state index >= 15 is 0 Å². The lowest BCUT2D eigenvalue weighted by Gasteiger charge is -2.15. The van der Waals surface area contributed by atoms with E-state index in [-0.39, 0.29) is 18.7 Å². The zero-order valence-electron chi connectivity index (χ0n) is 14.7. The molecule has 6 nitrogen and oxygen atoms in total. The van der Waals surface area contributed by atoms with Crippen molar-refractivity contribution in [2.45, 2.75) is 18.9 Å². The first-order valence-corrected chi connectivity index (χ1v) is 9.23. The van der Waals surface area contributed by atoms with Crippen molar-refractivity contribution in [2.24, 2.45) is 5.73 Å². The van der Waals surface area contributed by atoms with Crippen LogP contribution in [0.1, 0.15) is 23.9 Å². The number of hydrogen-bond donors (Lipinski definition) is 2. The molecule has 0 aliphatic rings. The van der Waals surface area contributed by atoms with E-state index in [1.165, 1.54) is 0 Å². The topological polar surface area (TPSA) is 98.2 Å². The Morgan fingerprint density at radius 1 is 1.14 bits per heavy atom. The molecule has 0 aliphatic carbocycles. The summed E-state index contributed by atoms with van der Waals surface area (Å²) in [6.07, 6.45) is 1.89. The van der Waals surface area contributed by atoms with Crippen LogP contribution in [0, 0.1) is 0 Å². The molecule has 0 unspecified atom stereocenters. The molecule has 1 atom stereocenters. The number of carbonyl (C=O) groups excluding carboxylic acids is 2. The number of oxazole rings is 1. The van der Waals surface area contributed by atoms with Crippen LogP contribution in [0.5, 0.6) is 0 Å². The van der Waals surface area contributed by atoms with E-state index in [0.29, 0.717) is 32.8 Å². The molecule has 1 aromatic heterocycles. The molecule has 3 aromatic rings. The minimum Gasteiger partial charge on any atom is -0.441 e. The SMILES string of the molecule is NC(=O)[C@H](NC(=O)CCc1ncc(-c2ccc(Cl)cc2Cl)o1)c1ccccc1. The summed E-state index contributed by atoms with van der Waals surface area (Å²) in [6.45, 7) is 0. The van der Waals surface area contributed by atoms with Crippen LogP contribution in [0.4, 0.5) is 0 Å². The summed E-state index contributed by atoms with van der Waals surface area (Å²) in [7, 11) is 0. The van der Waals surface area contributed by atoms with Crippen molar-refractivity contribution < 1.29 is 14.0 Å². The number of primary amides is 1. The number of nitrogens with two attached hydrogens (primary N) is 1. The fraction of sp³-hybridized carbons (Fsp3) is 0.150. The number of rotatable bonds is 7. The highest BCUT2D eigenvalue weighted by Crippen LogP contribution is 2.30. The first kappa shape index (κ1) is 19.9. The van der Waals surface area contributed by atoms with Crippen LogP contribution in [0.15, 0.2) is 59.1 Å². The molecule has 1 heterocycles. The lowest BCUT2D eigenvalue weighted by Crippen LogP contribution is -2.37. The molecule has 0 radical (unpaired) electrons. The van der Waals surface area contributed by atoms with Crippen molar-refractivity contribution in [2.75, 3.05) is 0 Å². The summed E-state index contributed by atoms with van der Waals surface area (Å²) in [5, 5.41) is 3.60. The van der Waals surface area contributed by atoms with Crippen LogP contribution in [-0.2, 0) is 16.0 Å². The van der Waals surface area contributed by atoms with Crippen LogP contribution in [0.2, 0.25) is 10.0 Å². The minimum absolute atomic E-state index is 0.0882. The van der Waals surface area contributed by atoms with Gasteiger partial charge in [0.25, 0.3) is 0 Å². The molecule has 0 fully saturated rings. The maximum Gasteiger partial charge on any atom is 0.244 e. The van der Waals surface area contributed by atoms with Gasteiger partial charge >= 0.3 is 0 Å². The Hall–Kier alpha value is -2.83. The van der Waals surface area contributed by atoms with Crippen LogP contribution >= 0.6 is 23.2 Å². The van der Waals surface area contributed by atoms with Gasteiger partial charge in [0.1, 0.15) is 6.04 Å². The lowest BCUT2D eigenvalue weighted by molar-refractivity contribution is -0.127. The van der Waals surface area contributed by atoms with Gasteiger partial charge in [-0.05, 0) is 23.8 Å². The second-order valence-electron chi connectivity index (χ2n) is 6.06. The van der Waals surface area contributed by atoms with Crippen molar-refractivity contribution >= 4 is 35.0 Å². The van der Waals surface area contributed by atoms with Gasteiger partial charge in [0, 0.05) is 23.4 Å². The van der Waals surface area contributed by atoms with Crippen molar-refractivity contribution in [1.29, 1.82) is 0 Å². The number of halogens is 2. The summed E-state index contributed by atoms with van der Waals surface area (Å²) < 4.78 is 5.67. The number of aryl methyl sites for hydroxylation is 1. The van der Waals surface area contributed by atoms with Crippen LogP contribution < -0.4 is 11.1 Å². The maximum absolute atomic E-state index is 12.2. The molecule has 0 bridgehead atoms. The van der Waals surface area contributed by atoms with Gasteiger partial charge in [-0.1, -0.05) is 53.5 Å². The fourth-order valence-electron chi connectivity index (χ4n) is 2.66. The van der Waals surface area contributed by atoms with E-state index in [4.69, 9.17) is 33.4 Å². The Labute approximate surface area is 171 Å². The first-order chi connectivity index (χ1) is 13.4. The van der Waals surface area contributed by atoms with Gasteiger partial charge in [-0.3, -0.25) is 9.59 Å². The number of carbonyl (C=O) groups is 2. The standard InChI is InChI=1S/C20H17Cl2N3O3/c21-13-6-7-14(15(22)10-13)16-11-24-18(28-16)9-8-17(26)25-19(20(23)27)12-4-2-1-3-5-12/h1-7,10-11,19H,8-9H2,(H2,23,27)(H,25,26)/t19-/m1/s1. The largest absolute Gasteiger partial charge is 0.441 e. The first-order valence-electron chi connectivity index (χ1n) is 8.48. The summed E-state index contributed by atoms with van der Waals surface area (Å²) >= 11 is 12.1. The predicted molar refractivity (Wildman–Crippen MR) is 107 cm³/mol. The van der Waals surface area contributed by atoms with E-state index in [1.807, 2.05) is 6.07 Å². The second-order valence-corrected chi connectivity index (χ2v) is 6.90. The fourth-order valence-corrected chi connectivity index (χ4v) is 3.16. The summed E-state index contributed by atoms with van der Waals surface area (Å²) in [4.78, 5) is 28.1. The molecular formula is C20H17Cl2N3O3. The molecule has 0 saturated carbocycles. The van der Waals surface area contributed by atoms with E-state index in [2.05, 4.69) is 10.3 Å². The van der Waals surface area contributed by atoms with Gasteiger partial charge in [0.15, 0.2) is 11.7 Å². The average Bonchev–Trinajstić information content (AvgIpc) is 3.13. The molecule has 28 heavy (non-hydrogen) atoms. The van der Waals surface area contributed by atoms with Crippen molar-refractivity contribution in [3.8, 4) is 11.3 Å². The molecule has 0 aliphatic heterocycles. The Bertz CT molecular complexity index is 989. The van der Waals surface area contributed by atoms with Crippen molar-refractivity contribution in [3.63, 3.8) is 0 Å². The third kappa shape index (κ3) is 4.91. The maximum atomic E-state index is 12.2.